The summed E-state index contributed by atoms with van der Waals surface area (Å²) in [7, 11) is 1.34. The number of carbonyl (C=O) groups excluding carboxylic acids is 1. The van der Waals surface area contributed by atoms with Gasteiger partial charge in [-0.2, -0.15) is 0 Å². The number of carboxylic acid groups (broad SMARTS) is 1. The number of benzene rings is 1. The number of rotatable bonds is 11. The lowest BCUT2D eigenvalue weighted by atomic mass is 9.83. The summed E-state index contributed by atoms with van der Waals surface area (Å²) in [6, 6.07) is 4.49. The molecule has 0 unspecified atom stereocenters. The van der Waals surface area contributed by atoms with Crippen molar-refractivity contribution >= 4 is 18.0 Å². The molecule has 3 aliphatic heterocycles. The summed E-state index contributed by atoms with van der Waals surface area (Å²) in [6.45, 7) is 0.397. The second-order valence-electron chi connectivity index (χ2n) is 12.5. The van der Waals surface area contributed by atoms with Gasteiger partial charge in [-0.15, -0.1) is 0 Å². The maximum atomic E-state index is 13.0. The van der Waals surface area contributed by atoms with Gasteiger partial charge in [-0.1, -0.05) is 13.0 Å². The fourth-order valence-electron chi connectivity index (χ4n) is 6.65. The third-order valence-corrected chi connectivity index (χ3v) is 9.51. The molecule has 18 nitrogen and oxygen atoms in total. The van der Waals surface area contributed by atoms with Gasteiger partial charge in [-0.3, -0.25) is 0 Å². The third kappa shape index (κ3) is 7.60. The van der Waals surface area contributed by atoms with E-state index in [1.165, 1.54) is 25.3 Å². The summed E-state index contributed by atoms with van der Waals surface area (Å²) in [4.78, 5) is 25.0. The van der Waals surface area contributed by atoms with Crippen LogP contribution in [-0.2, 0) is 33.3 Å². The van der Waals surface area contributed by atoms with Gasteiger partial charge in [0, 0.05) is 23.8 Å². The SMILES string of the molecule is COc1cc(/C=C/C(=O)O[C@@H]2C[C@@H]3C(C(=O)O)=CO[C@@H](O[C@@H]4O[C@H](CO)[C@@H](O)[C@H](O)[C@H]4O)[C@H]3[C@@H]2C)ccc1O[C@@H]1O[C@H](CO)[C@@H](O)[C@H](O)[C@H]1O. The van der Waals surface area contributed by atoms with E-state index in [1.54, 1.807) is 13.0 Å². The fraction of sp³-hybridized carbons (Fsp3) is 0.625. The van der Waals surface area contributed by atoms with Crippen LogP contribution in [-0.4, -0.2) is 152 Å². The lowest BCUT2D eigenvalue weighted by molar-refractivity contribution is -0.342. The van der Waals surface area contributed by atoms with Gasteiger partial charge in [-0.25, -0.2) is 9.59 Å². The van der Waals surface area contributed by atoms with E-state index in [1.807, 2.05) is 0 Å². The quantitative estimate of drug-likeness (QED) is 0.0827. The molecule has 15 atom stereocenters. The Morgan fingerprint density at radius 2 is 1.48 bits per heavy atom. The van der Waals surface area contributed by atoms with Crippen molar-refractivity contribution in [1.29, 1.82) is 0 Å². The molecule has 0 amide bonds. The molecule has 0 radical (unpaired) electrons. The predicted molar refractivity (Wildman–Crippen MR) is 163 cm³/mol. The number of fused-ring (bicyclic) bond motifs is 1. The van der Waals surface area contributed by atoms with Crippen molar-refractivity contribution in [3.05, 3.63) is 41.7 Å². The van der Waals surface area contributed by atoms with Crippen LogP contribution in [0.5, 0.6) is 11.5 Å². The molecule has 1 saturated carbocycles. The molecule has 0 aromatic heterocycles. The van der Waals surface area contributed by atoms with Crippen LogP contribution in [0.25, 0.3) is 6.08 Å². The first-order chi connectivity index (χ1) is 23.8. The molecular formula is C32H42O18. The van der Waals surface area contributed by atoms with E-state index in [9.17, 15) is 55.5 Å². The Morgan fingerprint density at radius 3 is 2.08 bits per heavy atom. The fourth-order valence-corrected chi connectivity index (χ4v) is 6.65. The van der Waals surface area contributed by atoms with Crippen LogP contribution in [0.1, 0.15) is 18.9 Å². The van der Waals surface area contributed by atoms with Crippen LogP contribution in [0.15, 0.2) is 36.1 Å². The summed E-state index contributed by atoms with van der Waals surface area (Å²) >= 11 is 0. The third-order valence-electron chi connectivity index (χ3n) is 9.51. The van der Waals surface area contributed by atoms with Gasteiger partial charge in [-0.05, 0) is 30.2 Å². The van der Waals surface area contributed by atoms with Gasteiger partial charge in [0.15, 0.2) is 17.8 Å². The molecule has 50 heavy (non-hydrogen) atoms. The Kier molecular flexibility index (Phi) is 12.0. The Hall–Kier alpha value is -3.40. The molecule has 1 aromatic carbocycles. The highest BCUT2D eigenvalue weighted by atomic mass is 16.8. The van der Waals surface area contributed by atoms with E-state index in [0.717, 1.165) is 12.3 Å². The van der Waals surface area contributed by atoms with Crippen molar-refractivity contribution in [2.75, 3.05) is 20.3 Å². The second-order valence-corrected chi connectivity index (χ2v) is 12.5. The lowest BCUT2D eigenvalue weighted by Crippen LogP contribution is -2.60. The number of methoxy groups -OCH3 is 1. The summed E-state index contributed by atoms with van der Waals surface area (Å²) < 4.78 is 39.0. The molecule has 4 aliphatic rings. The molecule has 1 aliphatic carbocycles. The topological polar surface area (TPSA) is 281 Å². The van der Waals surface area contributed by atoms with Crippen molar-refractivity contribution in [3.63, 3.8) is 0 Å². The molecule has 0 spiro atoms. The number of aliphatic hydroxyl groups is 8. The van der Waals surface area contributed by atoms with Gasteiger partial charge in [0.25, 0.3) is 0 Å². The molecule has 2 saturated heterocycles. The average molecular weight is 715 g/mol. The number of carboxylic acids is 1. The molecule has 278 valence electrons. The first-order valence-corrected chi connectivity index (χ1v) is 15.9. The molecule has 1 aromatic rings. The van der Waals surface area contributed by atoms with Crippen molar-refractivity contribution in [2.24, 2.45) is 17.8 Å². The van der Waals surface area contributed by atoms with Gasteiger partial charge in [0.2, 0.25) is 12.6 Å². The van der Waals surface area contributed by atoms with Crippen LogP contribution in [0.2, 0.25) is 0 Å². The number of esters is 1. The summed E-state index contributed by atoms with van der Waals surface area (Å²) in [5, 5.41) is 89.8. The average Bonchev–Trinajstić information content (AvgIpc) is 3.43. The highest BCUT2D eigenvalue weighted by Gasteiger charge is 2.54. The number of aliphatic hydroxyl groups excluding tert-OH is 8. The Labute approximate surface area is 285 Å². The number of hydrogen-bond acceptors (Lipinski definition) is 17. The highest BCUT2D eigenvalue weighted by Crippen LogP contribution is 2.48. The number of aliphatic carboxylic acids is 1. The summed E-state index contributed by atoms with van der Waals surface area (Å²) in [5.41, 5.74) is 0.383. The molecular weight excluding hydrogens is 672 g/mol. The zero-order valence-electron chi connectivity index (χ0n) is 26.9. The van der Waals surface area contributed by atoms with Gasteiger partial charge in [0.05, 0.1) is 32.2 Å². The molecule has 18 heteroatoms. The van der Waals surface area contributed by atoms with E-state index < -0.39 is 117 Å². The molecule has 3 heterocycles. The molecule has 3 fully saturated rings. The van der Waals surface area contributed by atoms with E-state index in [-0.39, 0.29) is 23.5 Å². The molecule has 5 rings (SSSR count). The number of ether oxygens (including phenoxy) is 7. The lowest BCUT2D eigenvalue weighted by Gasteiger charge is -2.43. The summed E-state index contributed by atoms with van der Waals surface area (Å²) in [6.07, 6.45) is -13.6. The van der Waals surface area contributed by atoms with Gasteiger partial charge >= 0.3 is 11.9 Å². The predicted octanol–water partition coefficient (Wildman–Crippen LogP) is -2.79. The van der Waals surface area contributed by atoms with Crippen molar-refractivity contribution in [1.82, 2.24) is 0 Å². The van der Waals surface area contributed by atoms with Gasteiger partial charge in [0.1, 0.15) is 54.9 Å². The minimum atomic E-state index is -1.72. The smallest absolute Gasteiger partial charge is 0.334 e. The van der Waals surface area contributed by atoms with E-state index in [4.69, 9.17) is 33.2 Å². The first kappa shape index (κ1) is 37.8. The van der Waals surface area contributed by atoms with E-state index in [0.29, 0.717) is 5.56 Å². The zero-order chi connectivity index (χ0) is 36.4. The monoisotopic (exact) mass is 714 g/mol. The minimum absolute atomic E-state index is 0.0808. The Morgan fingerprint density at radius 1 is 0.860 bits per heavy atom. The molecule has 0 bridgehead atoms. The highest BCUT2D eigenvalue weighted by molar-refractivity contribution is 5.88. The standard InChI is InChI=1S/C32H42O18/c1-12-17(8-14-15(29(42)43)11-45-30(22(12)14)50-32-28(41)26(39)24(37)20(10-34)49-32)46-21(35)6-4-13-3-5-16(18(7-13)44-2)47-31-27(40)25(38)23(36)19(9-33)48-31/h3-7,11-12,14,17,19-20,22-28,30-34,36-41H,8-10H2,1-2H3,(H,42,43)/b6-4+/t12-,14-,17-,19-,20-,22+,23-,24-,25+,26+,27-,28-,30+,31-,32+/m1/s1. The second kappa shape index (κ2) is 15.9. The van der Waals surface area contributed by atoms with Crippen LogP contribution in [0.3, 0.4) is 0 Å². The van der Waals surface area contributed by atoms with Crippen molar-refractivity contribution in [3.8, 4) is 11.5 Å². The maximum absolute atomic E-state index is 13.0. The Bertz CT molecular complexity index is 1410. The van der Waals surface area contributed by atoms with Crippen LogP contribution < -0.4 is 9.47 Å². The van der Waals surface area contributed by atoms with Crippen LogP contribution >= 0.6 is 0 Å². The van der Waals surface area contributed by atoms with Crippen LogP contribution in [0.4, 0.5) is 0 Å². The van der Waals surface area contributed by atoms with Crippen molar-refractivity contribution in [2.45, 2.75) is 87.2 Å². The van der Waals surface area contributed by atoms with Crippen molar-refractivity contribution < 1.29 is 88.7 Å². The number of carbonyl (C=O) groups is 2. The summed E-state index contributed by atoms with van der Waals surface area (Å²) in [5.74, 6) is -3.70. The van der Waals surface area contributed by atoms with E-state index in [2.05, 4.69) is 0 Å². The molecule has 9 N–H and O–H groups in total. The van der Waals surface area contributed by atoms with E-state index >= 15 is 0 Å². The zero-order valence-corrected chi connectivity index (χ0v) is 26.9. The first-order valence-electron chi connectivity index (χ1n) is 15.9. The van der Waals surface area contributed by atoms with Crippen LogP contribution in [0, 0.1) is 17.8 Å². The van der Waals surface area contributed by atoms with Gasteiger partial charge < -0.3 is 79.1 Å². The normalized spacial score (nSPS) is 40.0. The minimum Gasteiger partial charge on any atom is -0.493 e. The maximum Gasteiger partial charge on any atom is 0.334 e. The largest absolute Gasteiger partial charge is 0.493 e. The Balaban J connectivity index is 1.24. The number of hydrogen-bond donors (Lipinski definition) is 9.